The molecule has 7 nitrogen and oxygen atoms in total. The molecule has 8 heteroatoms. The SMILES string of the molecule is CCc1ccc(NC(=O)CN2C(=O)CCc3cc(S(=O)(=O)N4CCCCC4)ccc32)cc1. The van der Waals surface area contributed by atoms with Crippen LogP contribution in [0.25, 0.3) is 0 Å². The third kappa shape index (κ3) is 4.71. The van der Waals surface area contributed by atoms with Gasteiger partial charge in [-0.3, -0.25) is 9.59 Å². The topological polar surface area (TPSA) is 86.8 Å². The number of benzene rings is 2. The summed E-state index contributed by atoms with van der Waals surface area (Å²) in [6.07, 6.45) is 4.44. The van der Waals surface area contributed by atoms with Crippen LogP contribution in [0.4, 0.5) is 11.4 Å². The molecule has 0 unspecified atom stereocenters. The molecule has 0 bridgehead atoms. The number of hydrogen-bond acceptors (Lipinski definition) is 4. The summed E-state index contributed by atoms with van der Waals surface area (Å²) in [6, 6.07) is 12.5. The first-order valence-corrected chi connectivity index (χ1v) is 12.6. The summed E-state index contributed by atoms with van der Waals surface area (Å²) < 4.78 is 27.6. The first-order chi connectivity index (χ1) is 15.4. The van der Waals surface area contributed by atoms with Crippen LogP contribution < -0.4 is 10.2 Å². The molecule has 0 atom stereocenters. The van der Waals surface area contributed by atoms with Crippen molar-refractivity contribution < 1.29 is 18.0 Å². The Kier molecular flexibility index (Phi) is 6.62. The number of aryl methyl sites for hydroxylation is 2. The minimum atomic E-state index is -3.55. The number of carbonyl (C=O) groups excluding carboxylic acids is 2. The van der Waals surface area contributed by atoms with Crippen LogP contribution in [-0.4, -0.2) is 44.2 Å². The number of anilines is 2. The minimum absolute atomic E-state index is 0.112. The zero-order valence-corrected chi connectivity index (χ0v) is 19.2. The zero-order chi connectivity index (χ0) is 22.7. The maximum Gasteiger partial charge on any atom is 0.244 e. The Hall–Kier alpha value is -2.71. The van der Waals surface area contributed by atoms with Crippen molar-refractivity contribution in [3.8, 4) is 0 Å². The fraction of sp³-hybridized carbons (Fsp3) is 0.417. The lowest BCUT2D eigenvalue weighted by Gasteiger charge is -2.30. The van der Waals surface area contributed by atoms with Gasteiger partial charge in [0.15, 0.2) is 0 Å². The zero-order valence-electron chi connectivity index (χ0n) is 18.3. The molecule has 1 saturated heterocycles. The Bertz CT molecular complexity index is 1110. The smallest absolute Gasteiger partial charge is 0.244 e. The van der Waals surface area contributed by atoms with Crippen molar-refractivity contribution in [2.75, 3.05) is 29.9 Å². The van der Waals surface area contributed by atoms with Crippen LogP contribution in [0, 0.1) is 0 Å². The summed E-state index contributed by atoms with van der Waals surface area (Å²) >= 11 is 0. The van der Waals surface area contributed by atoms with E-state index in [-0.39, 0.29) is 29.7 Å². The van der Waals surface area contributed by atoms with Gasteiger partial charge in [-0.25, -0.2) is 8.42 Å². The van der Waals surface area contributed by atoms with E-state index in [9.17, 15) is 18.0 Å². The lowest BCUT2D eigenvalue weighted by molar-refractivity contribution is -0.121. The molecule has 0 aromatic heterocycles. The van der Waals surface area contributed by atoms with Crippen LogP contribution in [0.3, 0.4) is 0 Å². The number of amides is 2. The lowest BCUT2D eigenvalue weighted by Crippen LogP contribution is -2.41. The predicted octanol–water partition coefficient (Wildman–Crippen LogP) is 3.34. The van der Waals surface area contributed by atoms with Gasteiger partial charge in [0, 0.05) is 30.9 Å². The van der Waals surface area contributed by atoms with Crippen LogP contribution >= 0.6 is 0 Å². The average Bonchev–Trinajstić information content (AvgIpc) is 2.81. The highest BCUT2D eigenvalue weighted by molar-refractivity contribution is 7.89. The number of nitrogens with one attached hydrogen (secondary N) is 1. The second-order valence-corrected chi connectivity index (χ2v) is 10.3. The van der Waals surface area contributed by atoms with Crippen LogP contribution in [0.5, 0.6) is 0 Å². The molecule has 0 spiro atoms. The van der Waals surface area contributed by atoms with Crippen LogP contribution in [0.2, 0.25) is 0 Å². The molecule has 0 aliphatic carbocycles. The molecule has 0 saturated carbocycles. The maximum atomic E-state index is 13.0. The normalized spacial score (nSPS) is 17.2. The Morgan fingerprint density at radius 1 is 1.00 bits per heavy atom. The summed E-state index contributed by atoms with van der Waals surface area (Å²) in [4.78, 5) is 26.9. The standard InChI is InChI=1S/C24H29N3O4S/c1-2-18-6-9-20(10-7-18)25-23(28)17-27-22-12-11-21(16-19(22)8-13-24(27)29)32(30,31)26-14-4-3-5-15-26/h6-7,9-12,16H,2-5,8,13-15,17H2,1H3,(H,25,28). The van der Waals surface area contributed by atoms with E-state index in [1.807, 2.05) is 24.3 Å². The third-order valence-corrected chi connectivity index (χ3v) is 8.05. The number of sulfonamides is 1. The van der Waals surface area contributed by atoms with E-state index in [0.717, 1.165) is 31.2 Å². The largest absolute Gasteiger partial charge is 0.325 e. The first-order valence-electron chi connectivity index (χ1n) is 11.2. The predicted molar refractivity (Wildman–Crippen MR) is 124 cm³/mol. The molecule has 2 amide bonds. The van der Waals surface area contributed by atoms with E-state index >= 15 is 0 Å². The van der Waals surface area contributed by atoms with Crippen LogP contribution in [-0.2, 0) is 32.5 Å². The minimum Gasteiger partial charge on any atom is -0.325 e. The highest BCUT2D eigenvalue weighted by Gasteiger charge is 2.30. The van der Waals surface area contributed by atoms with E-state index in [2.05, 4.69) is 12.2 Å². The fourth-order valence-electron chi connectivity index (χ4n) is 4.29. The van der Waals surface area contributed by atoms with Gasteiger partial charge >= 0.3 is 0 Å². The van der Waals surface area contributed by atoms with Gasteiger partial charge in [0.25, 0.3) is 0 Å². The van der Waals surface area contributed by atoms with Gasteiger partial charge in [0.1, 0.15) is 6.54 Å². The van der Waals surface area contributed by atoms with Gasteiger partial charge in [-0.1, -0.05) is 25.5 Å². The molecule has 170 valence electrons. The first kappa shape index (κ1) is 22.5. The number of rotatable bonds is 6. The average molecular weight is 456 g/mol. The number of carbonyl (C=O) groups is 2. The van der Waals surface area contributed by atoms with E-state index in [4.69, 9.17) is 0 Å². The highest BCUT2D eigenvalue weighted by atomic mass is 32.2. The van der Waals surface area contributed by atoms with E-state index in [1.165, 1.54) is 10.5 Å². The molecule has 2 heterocycles. The second-order valence-electron chi connectivity index (χ2n) is 8.33. The summed E-state index contributed by atoms with van der Waals surface area (Å²) in [7, 11) is -3.55. The molecule has 2 aromatic carbocycles. The highest BCUT2D eigenvalue weighted by Crippen LogP contribution is 2.31. The van der Waals surface area contributed by atoms with Gasteiger partial charge < -0.3 is 10.2 Å². The Morgan fingerprint density at radius 2 is 1.72 bits per heavy atom. The van der Waals surface area contributed by atoms with Gasteiger partial charge in [-0.15, -0.1) is 0 Å². The molecule has 1 N–H and O–H groups in total. The number of fused-ring (bicyclic) bond motifs is 1. The van der Waals surface area contributed by atoms with E-state index in [0.29, 0.717) is 30.9 Å². The molecule has 2 aliphatic heterocycles. The molecule has 2 aromatic rings. The molecular formula is C24H29N3O4S. The molecule has 2 aliphatic rings. The summed E-state index contributed by atoms with van der Waals surface area (Å²) in [5.74, 6) is -0.430. The van der Waals surface area contributed by atoms with Crippen molar-refractivity contribution in [2.45, 2.75) is 50.3 Å². The Labute approximate surface area is 189 Å². The van der Waals surface area contributed by atoms with Crippen molar-refractivity contribution in [2.24, 2.45) is 0 Å². The van der Waals surface area contributed by atoms with E-state index < -0.39 is 10.0 Å². The maximum absolute atomic E-state index is 13.0. The number of hydrogen-bond donors (Lipinski definition) is 1. The molecule has 32 heavy (non-hydrogen) atoms. The number of piperidine rings is 1. The van der Waals surface area contributed by atoms with Gasteiger partial charge in [0.2, 0.25) is 21.8 Å². The van der Waals surface area contributed by atoms with Gasteiger partial charge in [-0.05, 0) is 67.1 Å². The van der Waals surface area contributed by atoms with Crippen molar-refractivity contribution >= 4 is 33.2 Å². The lowest BCUT2D eigenvalue weighted by atomic mass is 10.0. The summed E-state index contributed by atoms with van der Waals surface area (Å²) in [5, 5.41) is 2.84. The van der Waals surface area contributed by atoms with Gasteiger partial charge in [0.05, 0.1) is 4.90 Å². The monoisotopic (exact) mass is 455 g/mol. The van der Waals surface area contributed by atoms with Crippen molar-refractivity contribution in [1.29, 1.82) is 0 Å². The quantitative estimate of drug-likeness (QED) is 0.724. The van der Waals surface area contributed by atoms with Crippen molar-refractivity contribution in [3.63, 3.8) is 0 Å². The van der Waals surface area contributed by atoms with Crippen LogP contribution in [0.1, 0.15) is 43.7 Å². The second kappa shape index (κ2) is 9.42. The van der Waals surface area contributed by atoms with Crippen LogP contribution in [0.15, 0.2) is 47.4 Å². The van der Waals surface area contributed by atoms with Crippen molar-refractivity contribution in [3.05, 3.63) is 53.6 Å². The number of nitrogens with zero attached hydrogens (tertiary/aromatic N) is 2. The summed E-state index contributed by atoms with van der Waals surface area (Å²) in [6.45, 7) is 3.04. The molecule has 1 fully saturated rings. The fourth-order valence-corrected chi connectivity index (χ4v) is 5.86. The molecule has 0 radical (unpaired) electrons. The third-order valence-electron chi connectivity index (χ3n) is 6.15. The van der Waals surface area contributed by atoms with E-state index in [1.54, 1.807) is 22.5 Å². The van der Waals surface area contributed by atoms with Crippen molar-refractivity contribution in [1.82, 2.24) is 4.31 Å². The Balaban J connectivity index is 1.51. The summed E-state index contributed by atoms with van der Waals surface area (Å²) in [5.41, 5.74) is 3.25. The molecular weight excluding hydrogens is 426 g/mol. The molecule has 4 rings (SSSR count). The Morgan fingerprint density at radius 3 is 2.41 bits per heavy atom. The van der Waals surface area contributed by atoms with Gasteiger partial charge in [-0.2, -0.15) is 4.31 Å².